The van der Waals surface area contributed by atoms with Gasteiger partial charge in [0.15, 0.2) is 5.96 Å². The fourth-order valence-corrected chi connectivity index (χ4v) is 1.96. The van der Waals surface area contributed by atoms with Crippen molar-refractivity contribution in [1.82, 2.24) is 10.6 Å². The van der Waals surface area contributed by atoms with Crippen LogP contribution in [0.2, 0.25) is 0 Å². The van der Waals surface area contributed by atoms with Crippen molar-refractivity contribution < 1.29 is 4.74 Å². The van der Waals surface area contributed by atoms with Crippen LogP contribution < -0.4 is 15.4 Å². The molecule has 4 heteroatoms. The minimum atomic E-state index is 0.586. The van der Waals surface area contributed by atoms with Crippen LogP contribution >= 0.6 is 0 Å². The molecule has 2 rings (SSSR count). The summed E-state index contributed by atoms with van der Waals surface area (Å²) in [5.74, 6) is 2.54. The first-order valence-corrected chi connectivity index (χ1v) is 6.90. The van der Waals surface area contributed by atoms with Crippen molar-refractivity contribution in [3.05, 3.63) is 29.8 Å². The molecule has 104 valence electrons. The lowest BCUT2D eigenvalue weighted by molar-refractivity contribution is 0.414. The molecule has 0 saturated heterocycles. The minimum absolute atomic E-state index is 0.586. The highest BCUT2D eigenvalue weighted by molar-refractivity contribution is 5.80. The Kier molecular flexibility index (Phi) is 4.66. The third-order valence-electron chi connectivity index (χ3n) is 3.33. The summed E-state index contributed by atoms with van der Waals surface area (Å²) in [6.45, 7) is 5.88. The maximum atomic E-state index is 5.22. The Balaban J connectivity index is 1.95. The Morgan fingerprint density at radius 3 is 2.89 bits per heavy atom. The van der Waals surface area contributed by atoms with E-state index in [1.165, 1.54) is 6.42 Å². The molecule has 0 bridgehead atoms. The lowest BCUT2D eigenvalue weighted by Crippen LogP contribution is -2.39. The summed E-state index contributed by atoms with van der Waals surface area (Å²) in [5.41, 5.74) is 1.15. The van der Waals surface area contributed by atoms with Crippen molar-refractivity contribution in [2.75, 3.05) is 13.7 Å². The molecule has 0 aromatic heterocycles. The van der Waals surface area contributed by atoms with Gasteiger partial charge in [0, 0.05) is 12.6 Å². The standard InChI is InChI=1S/C15H23N3O/c1-4-16-15(18-14-8-11(14)2)17-10-12-6-5-7-13(9-12)19-3/h5-7,9,11,14H,4,8,10H2,1-3H3,(H2,16,17,18). The molecule has 0 amide bonds. The molecule has 0 aliphatic heterocycles. The number of ether oxygens (including phenoxy) is 1. The molecule has 4 nitrogen and oxygen atoms in total. The average Bonchev–Trinajstić information content (AvgIpc) is 3.12. The highest BCUT2D eigenvalue weighted by atomic mass is 16.5. The van der Waals surface area contributed by atoms with Gasteiger partial charge in [-0.25, -0.2) is 4.99 Å². The summed E-state index contributed by atoms with van der Waals surface area (Å²) < 4.78 is 5.22. The Hall–Kier alpha value is -1.71. The van der Waals surface area contributed by atoms with Crippen molar-refractivity contribution in [1.29, 1.82) is 0 Å². The van der Waals surface area contributed by atoms with Crippen LogP contribution in [0, 0.1) is 5.92 Å². The van der Waals surface area contributed by atoms with Crippen LogP contribution in [-0.4, -0.2) is 25.7 Å². The van der Waals surface area contributed by atoms with Gasteiger partial charge in [0.05, 0.1) is 13.7 Å². The second-order valence-corrected chi connectivity index (χ2v) is 5.01. The Labute approximate surface area is 115 Å². The number of methoxy groups -OCH3 is 1. The van der Waals surface area contributed by atoms with Crippen LogP contribution in [0.15, 0.2) is 29.3 Å². The number of guanidine groups is 1. The molecular formula is C15H23N3O. The van der Waals surface area contributed by atoms with E-state index in [4.69, 9.17) is 4.74 Å². The summed E-state index contributed by atoms with van der Waals surface area (Å²) in [5, 5.41) is 6.73. The molecule has 2 unspecified atom stereocenters. The Morgan fingerprint density at radius 1 is 1.47 bits per heavy atom. The van der Waals surface area contributed by atoms with Crippen LogP contribution in [0.5, 0.6) is 5.75 Å². The predicted molar refractivity (Wildman–Crippen MR) is 78.5 cm³/mol. The van der Waals surface area contributed by atoms with Gasteiger partial charge in [-0.2, -0.15) is 0 Å². The molecule has 1 aliphatic rings. The molecule has 1 fully saturated rings. The maximum absolute atomic E-state index is 5.22. The van der Waals surface area contributed by atoms with Crippen molar-refractivity contribution in [3.63, 3.8) is 0 Å². The number of benzene rings is 1. The first kappa shape index (κ1) is 13.7. The van der Waals surface area contributed by atoms with Crippen molar-refractivity contribution >= 4 is 5.96 Å². The number of hydrogen-bond donors (Lipinski definition) is 2. The van der Waals surface area contributed by atoms with E-state index in [1.54, 1.807) is 7.11 Å². The predicted octanol–water partition coefficient (Wildman–Crippen LogP) is 2.16. The third-order valence-corrected chi connectivity index (χ3v) is 3.33. The quantitative estimate of drug-likeness (QED) is 0.630. The average molecular weight is 261 g/mol. The molecule has 1 aromatic carbocycles. The normalized spacial score (nSPS) is 21.9. The van der Waals surface area contributed by atoms with E-state index in [9.17, 15) is 0 Å². The number of aliphatic imine (C=N–C) groups is 1. The molecule has 0 spiro atoms. The van der Waals surface area contributed by atoms with Crippen LogP contribution in [0.4, 0.5) is 0 Å². The topological polar surface area (TPSA) is 45.7 Å². The van der Waals surface area contributed by atoms with Gasteiger partial charge in [-0.15, -0.1) is 0 Å². The van der Waals surface area contributed by atoms with E-state index in [0.29, 0.717) is 12.6 Å². The van der Waals surface area contributed by atoms with Crippen molar-refractivity contribution in [3.8, 4) is 5.75 Å². The second kappa shape index (κ2) is 6.45. The van der Waals surface area contributed by atoms with Crippen LogP contribution in [0.1, 0.15) is 25.8 Å². The largest absolute Gasteiger partial charge is 0.497 e. The number of rotatable bonds is 5. The SMILES string of the molecule is CCNC(=NCc1cccc(OC)c1)NC1CC1C. The summed E-state index contributed by atoms with van der Waals surface area (Å²) in [6.07, 6.45) is 1.24. The minimum Gasteiger partial charge on any atom is -0.497 e. The van der Waals surface area contributed by atoms with Gasteiger partial charge in [-0.1, -0.05) is 19.1 Å². The maximum Gasteiger partial charge on any atom is 0.191 e. The number of hydrogen-bond acceptors (Lipinski definition) is 2. The van der Waals surface area contributed by atoms with E-state index in [0.717, 1.165) is 29.7 Å². The Bertz CT molecular complexity index is 445. The fraction of sp³-hybridized carbons (Fsp3) is 0.533. The number of nitrogens with one attached hydrogen (secondary N) is 2. The highest BCUT2D eigenvalue weighted by Gasteiger charge is 2.33. The molecule has 1 saturated carbocycles. The molecule has 2 N–H and O–H groups in total. The molecular weight excluding hydrogens is 238 g/mol. The van der Waals surface area contributed by atoms with Crippen LogP contribution in [-0.2, 0) is 6.54 Å². The molecule has 1 aromatic rings. The first-order valence-electron chi connectivity index (χ1n) is 6.90. The van der Waals surface area contributed by atoms with Gasteiger partial charge in [-0.05, 0) is 37.0 Å². The summed E-state index contributed by atoms with van der Waals surface area (Å²) in [7, 11) is 1.68. The molecule has 2 atom stereocenters. The van der Waals surface area contributed by atoms with Crippen molar-refractivity contribution in [2.45, 2.75) is 32.9 Å². The van der Waals surface area contributed by atoms with E-state index in [2.05, 4.69) is 35.5 Å². The highest BCUT2D eigenvalue weighted by Crippen LogP contribution is 2.28. The van der Waals surface area contributed by atoms with Crippen molar-refractivity contribution in [2.24, 2.45) is 10.9 Å². The Morgan fingerprint density at radius 2 is 2.26 bits per heavy atom. The second-order valence-electron chi connectivity index (χ2n) is 5.01. The van der Waals surface area contributed by atoms with Crippen LogP contribution in [0.25, 0.3) is 0 Å². The van der Waals surface area contributed by atoms with E-state index < -0.39 is 0 Å². The lowest BCUT2D eigenvalue weighted by Gasteiger charge is -2.11. The molecule has 19 heavy (non-hydrogen) atoms. The van der Waals surface area contributed by atoms with E-state index in [1.807, 2.05) is 18.2 Å². The lowest BCUT2D eigenvalue weighted by atomic mass is 10.2. The van der Waals surface area contributed by atoms with E-state index in [-0.39, 0.29) is 0 Å². The number of nitrogens with zero attached hydrogens (tertiary/aromatic N) is 1. The fourth-order valence-electron chi connectivity index (χ4n) is 1.96. The third kappa shape index (κ3) is 4.16. The van der Waals surface area contributed by atoms with Gasteiger partial charge in [0.25, 0.3) is 0 Å². The van der Waals surface area contributed by atoms with Gasteiger partial charge < -0.3 is 15.4 Å². The molecule has 0 radical (unpaired) electrons. The molecule has 1 aliphatic carbocycles. The zero-order valence-corrected chi connectivity index (χ0v) is 11.9. The summed E-state index contributed by atoms with van der Waals surface area (Å²) in [4.78, 5) is 4.61. The van der Waals surface area contributed by atoms with Gasteiger partial charge in [-0.3, -0.25) is 0 Å². The smallest absolute Gasteiger partial charge is 0.191 e. The monoisotopic (exact) mass is 261 g/mol. The van der Waals surface area contributed by atoms with Gasteiger partial charge in [0.1, 0.15) is 5.75 Å². The van der Waals surface area contributed by atoms with Gasteiger partial charge in [0.2, 0.25) is 0 Å². The zero-order valence-electron chi connectivity index (χ0n) is 11.9. The zero-order chi connectivity index (χ0) is 13.7. The van der Waals surface area contributed by atoms with Crippen LogP contribution in [0.3, 0.4) is 0 Å². The van der Waals surface area contributed by atoms with E-state index >= 15 is 0 Å². The first-order chi connectivity index (χ1) is 9.22. The summed E-state index contributed by atoms with van der Waals surface area (Å²) >= 11 is 0. The van der Waals surface area contributed by atoms with Gasteiger partial charge >= 0.3 is 0 Å². The molecule has 0 heterocycles. The summed E-state index contributed by atoms with van der Waals surface area (Å²) in [6, 6.07) is 8.61.